The Morgan fingerprint density at radius 3 is 2.83 bits per heavy atom. The van der Waals surface area contributed by atoms with Crippen molar-refractivity contribution < 1.29 is 9.90 Å². The lowest BCUT2D eigenvalue weighted by Gasteiger charge is -2.52. The van der Waals surface area contributed by atoms with Gasteiger partial charge in [-0.1, -0.05) is 12.1 Å². The van der Waals surface area contributed by atoms with Crippen molar-refractivity contribution in [3.05, 3.63) is 30.5 Å². The number of benzene rings is 1. The molecule has 24 heavy (non-hydrogen) atoms. The van der Waals surface area contributed by atoms with Crippen molar-refractivity contribution in [3.63, 3.8) is 0 Å². The number of anilines is 1. The second-order valence-electron chi connectivity index (χ2n) is 6.97. The van der Waals surface area contributed by atoms with Crippen LogP contribution in [0, 0.1) is 5.41 Å². The molecule has 126 valence electrons. The zero-order valence-corrected chi connectivity index (χ0v) is 13.9. The Morgan fingerprint density at radius 1 is 1.25 bits per heavy atom. The van der Waals surface area contributed by atoms with E-state index in [1.807, 2.05) is 31.3 Å². The van der Waals surface area contributed by atoms with Crippen molar-refractivity contribution in [3.8, 4) is 0 Å². The number of carbonyl (C=O) groups is 1. The predicted octanol–water partition coefficient (Wildman–Crippen LogP) is 2.01. The molecule has 0 spiro atoms. The first-order valence-corrected chi connectivity index (χ1v) is 8.50. The molecule has 1 aromatic carbocycles. The smallest absolute Gasteiger partial charge is 0.311 e. The number of likely N-dealkylation sites (tertiary alicyclic amines) is 1. The molecule has 0 aliphatic carbocycles. The van der Waals surface area contributed by atoms with Crippen LogP contribution >= 0.6 is 0 Å². The lowest BCUT2D eigenvalue weighted by molar-refractivity contribution is -0.158. The summed E-state index contributed by atoms with van der Waals surface area (Å²) >= 11 is 0. The molecule has 4 rings (SSSR count). The monoisotopic (exact) mass is 326 g/mol. The third-order valence-corrected chi connectivity index (χ3v) is 5.71. The van der Waals surface area contributed by atoms with Gasteiger partial charge in [-0.15, -0.1) is 0 Å². The highest BCUT2D eigenvalue weighted by atomic mass is 16.4. The van der Waals surface area contributed by atoms with E-state index >= 15 is 0 Å². The topological polar surface area (TPSA) is 69.6 Å². The van der Waals surface area contributed by atoms with Gasteiger partial charge in [-0.05, 0) is 45.0 Å². The van der Waals surface area contributed by atoms with Crippen LogP contribution in [0.4, 0.5) is 5.82 Å². The number of piperidine rings is 2. The number of fused-ring (bicyclic) bond motifs is 2. The van der Waals surface area contributed by atoms with Gasteiger partial charge in [-0.2, -0.15) is 0 Å². The van der Waals surface area contributed by atoms with Gasteiger partial charge in [0, 0.05) is 19.1 Å². The number of carboxylic acids is 1. The van der Waals surface area contributed by atoms with E-state index in [9.17, 15) is 9.90 Å². The second kappa shape index (κ2) is 5.70. The number of nitrogens with zero attached hydrogens (tertiary/aromatic N) is 4. The zero-order valence-electron chi connectivity index (χ0n) is 13.9. The molecule has 0 bridgehead atoms. The Kier molecular flexibility index (Phi) is 3.64. The summed E-state index contributed by atoms with van der Waals surface area (Å²) in [5, 5.41) is 9.87. The number of aromatic nitrogens is 2. The van der Waals surface area contributed by atoms with Gasteiger partial charge in [0.1, 0.15) is 5.82 Å². The number of carboxylic acid groups (broad SMARTS) is 1. The maximum Gasteiger partial charge on any atom is 0.311 e. The van der Waals surface area contributed by atoms with Crippen LogP contribution in [0.5, 0.6) is 0 Å². The Morgan fingerprint density at radius 2 is 2.04 bits per heavy atom. The first-order valence-electron chi connectivity index (χ1n) is 8.50. The number of para-hydroxylation sites is 2. The normalized spacial score (nSPS) is 27.9. The molecule has 3 heterocycles. The van der Waals surface area contributed by atoms with Crippen LogP contribution in [0.2, 0.25) is 0 Å². The van der Waals surface area contributed by atoms with E-state index in [1.54, 1.807) is 6.20 Å². The number of likely N-dealkylation sites (N-methyl/N-ethyl adjacent to an activating group) is 1. The summed E-state index contributed by atoms with van der Waals surface area (Å²) in [5.74, 6) is 0.190. The first kappa shape index (κ1) is 15.3. The minimum atomic E-state index is -0.650. The molecule has 2 aliphatic rings. The summed E-state index contributed by atoms with van der Waals surface area (Å²) in [6, 6.07) is 7.85. The van der Waals surface area contributed by atoms with Crippen molar-refractivity contribution in [1.82, 2.24) is 14.9 Å². The highest BCUT2D eigenvalue weighted by Crippen LogP contribution is 2.42. The number of aliphatic carboxylic acids is 1. The summed E-state index contributed by atoms with van der Waals surface area (Å²) in [4.78, 5) is 25.6. The fourth-order valence-corrected chi connectivity index (χ4v) is 4.29. The van der Waals surface area contributed by atoms with Gasteiger partial charge in [0.25, 0.3) is 0 Å². The Balaban J connectivity index is 1.65. The lowest BCUT2D eigenvalue weighted by atomic mass is 9.68. The van der Waals surface area contributed by atoms with Crippen LogP contribution in [-0.4, -0.2) is 58.7 Å². The molecule has 6 nitrogen and oxygen atoms in total. The Hall–Kier alpha value is -2.21. The molecule has 0 unspecified atom stereocenters. The van der Waals surface area contributed by atoms with Gasteiger partial charge < -0.3 is 14.9 Å². The van der Waals surface area contributed by atoms with Crippen molar-refractivity contribution in [2.75, 3.05) is 31.6 Å². The molecule has 2 aromatic rings. The average Bonchev–Trinajstić information content (AvgIpc) is 2.61. The summed E-state index contributed by atoms with van der Waals surface area (Å²) in [6.07, 6.45) is 4.19. The molecule has 6 heteroatoms. The van der Waals surface area contributed by atoms with Crippen LogP contribution in [0.25, 0.3) is 11.0 Å². The van der Waals surface area contributed by atoms with E-state index in [2.05, 4.69) is 14.8 Å². The molecule has 0 saturated carbocycles. The van der Waals surface area contributed by atoms with Crippen molar-refractivity contribution in [2.45, 2.75) is 25.3 Å². The molecule has 0 amide bonds. The van der Waals surface area contributed by atoms with Gasteiger partial charge in [-0.25, -0.2) is 4.98 Å². The van der Waals surface area contributed by atoms with Gasteiger partial charge >= 0.3 is 5.97 Å². The van der Waals surface area contributed by atoms with Crippen LogP contribution in [0.3, 0.4) is 0 Å². The zero-order chi connectivity index (χ0) is 16.7. The Labute approximate surface area is 141 Å². The van der Waals surface area contributed by atoms with Crippen molar-refractivity contribution in [1.29, 1.82) is 0 Å². The molecule has 1 N–H and O–H groups in total. The van der Waals surface area contributed by atoms with Gasteiger partial charge in [0.05, 0.1) is 22.6 Å². The standard InChI is InChI=1S/C18H22N4O2/c1-21-9-4-7-18(17(23)24)8-10-22(12-15(18)21)16-11-19-13-5-2-3-6-14(13)20-16/h2-3,5-6,11,15H,4,7-10,12H2,1H3,(H,23,24)/t15-,18+/m1/s1. The van der Waals surface area contributed by atoms with E-state index in [4.69, 9.17) is 4.98 Å². The van der Waals surface area contributed by atoms with E-state index in [0.717, 1.165) is 36.2 Å². The molecular weight excluding hydrogens is 304 g/mol. The second-order valence-corrected chi connectivity index (χ2v) is 6.97. The van der Waals surface area contributed by atoms with Crippen molar-refractivity contribution in [2.24, 2.45) is 5.41 Å². The van der Waals surface area contributed by atoms with Gasteiger partial charge in [-0.3, -0.25) is 9.78 Å². The quantitative estimate of drug-likeness (QED) is 0.910. The third kappa shape index (κ3) is 2.33. The van der Waals surface area contributed by atoms with E-state index in [-0.39, 0.29) is 6.04 Å². The summed E-state index contributed by atoms with van der Waals surface area (Å²) in [6.45, 7) is 2.36. The predicted molar refractivity (Wildman–Crippen MR) is 92.1 cm³/mol. The van der Waals surface area contributed by atoms with Crippen LogP contribution in [0.15, 0.2) is 30.5 Å². The Bertz CT molecular complexity index is 780. The van der Waals surface area contributed by atoms with Crippen LogP contribution in [-0.2, 0) is 4.79 Å². The highest BCUT2D eigenvalue weighted by molar-refractivity contribution is 5.77. The van der Waals surface area contributed by atoms with E-state index in [1.165, 1.54) is 0 Å². The number of hydrogen-bond acceptors (Lipinski definition) is 5. The minimum absolute atomic E-state index is 0.0192. The SMILES string of the molecule is CN1CCC[C@]2(C(=O)O)CCN(c3cnc4ccccc4n3)C[C@@H]12. The number of hydrogen-bond donors (Lipinski definition) is 1. The molecule has 2 fully saturated rings. The summed E-state index contributed by atoms with van der Waals surface area (Å²) in [5.41, 5.74) is 1.14. The third-order valence-electron chi connectivity index (χ3n) is 5.71. The van der Waals surface area contributed by atoms with Gasteiger partial charge in [0.2, 0.25) is 0 Å². The van der Waals surface area contributed by atoms with E-state index in [0.29, 0.717) is 19.5 Å². The largest absolute Gasteiger partial charge is 0.481 e. The van der Waals surface area contributed by atoms with Gasteiger partial charge in [0.15, 0.2) is 0 Å². The van der Waals surface area contributed by atoms with Crippen molar-refractivity contribution >= 4 is 22.8 Å². The van der Waals surface area contributed by atoms with E-state index < -0.39 is 11.4 Å². The molecule has 0 radical (unpaired) electrons. The first-order chi connectivity index (χ1) is 11.6. The molecule has 2 aliphatic heterocycles. The molecule has 2 atom stereocenters. The maximum atomic E-state index is 12.0. The fraction of sp³-hybridized carbons (Fsp3) is 0.500. The molecular formula is C18H22N4O2. The maximum absolute atomic E-state index is 12.0. The summed E-state index contributed by atoms with van der Waals surface area (Å²) < 4.78 is 0. The average molecular weight is 326 g/mol. The molecule has 1 aromatic heterocycles. The summed E-state index contributed by atoms with van der Waals surface area (Å²) in [7, 11) is 2.04. The fourth-order valence-electron chi connectivity index (χ4n) is 4.29. The molecule has 2 saturated heterocycles. The minimum Gasteiger partial charge on any atom is -0.481 e. The highest BCUT2D eigenvalue weighted by Gasteiger charge is 2.52. The van der Waals surface area contributed by atoms with Crippen LogP contribution < -0.4 is 4.90 Å². The lowest BCUT2D eigenvalue weighted by Crippen LogP contribution is -2.63. The van der Waals surface area contributed by atoms with Crippen LogP contribution in [0.1, 0.15) is 19.3 Å². The number of rotatable bonds is 2.